The molecule has 158 valence electrons. The van der Waals surface area contributed by atoms with E-state index in [-0.39, 0.29) is 23.4 Å². The molecule has 7 nitrogen and oxygen atoms in total. The standard InChI is InChI=1S/C20H20F3N5O2/c1-12(17(29)28-8-6-19(4-5-19)7-9-28)25-18-27-26-16(30-18)13-2-3-14(11-24)15(10-13)20(21,22)23/h2-3,10,12H,4-9H2,1H3,(H,25,27)/t12-/m0/s1. The van der Waals surface area contributed by atoms with Crippen LogP contribution >= 0.6 is 0 Å². The van der Waals surface area contributed by atoms with Crippen LogP contribution in [0.2, 0.25) is 0 Å². The van der Waals surface area contributed by atoms with Crippen LogP contribution in [-0.4, -0.2) is 40.1 Å². The van der Waals surface area contributed by atoms with Crippen LogP contribution in [0.5, 0.6) is 0 Å². The number of aromatic nitrogens is 2. The lowest BCUT2D eigenvalue weighted by Gasteiger charge is -2.33. The van der Waals surface area contributed by atoms with Gasteiger partial charge < -0.3 is 14.6 Å². The molecule has 1 spiro atoms. The molecule has 30 heavy (non-hydrogen) atoms. The molecule has 2 heterocycles. The second kappa shape index (κ2) is 7.31. The predicted molar refractivity (Wildman–Crippen MR) is 100 cm³/mol. The first-order chi connectivity index (χ1) is 14.2. The van der Waals surface area contributed by atoms with Crippen molar-refractivity contribution in [3.05, 3.63) is 29.3 Å². The van der Waals surface area contributed by atoms with Crippen molar-refractivity contribution in [2.75, 3.05) is 18.4 Å². The number of amides is 1. The molecular formula is C20H20F3N5O2. The van der Waals surface area contributed by atoms with E-state index in [9.17, 15) is 18.0 Å². The molecule has 1 aromatic carbocycles. The molecule has 0 radical (unpaired) electrons. The molecule has 1 amide bonds. The monoisotopic (exact) mass is 419 g/mol. The Hall–Kier alpha value is -3.09. The zero-order chi connectivity index (χ0) is 21.5. The van der Waals surface area contributed by atoms with Crippen LogP contribution in [0.25, 0.3) is 11.5 Å². The first-order valence-electron chi connectivity index (χ1n) is 9.71. The molecule has 2 fully saturated rings. The molecule has 1 aromatic heterocycles. The van der Waals surface area contributed by atoms with Gasteiger partial charge in [-0.15, -0.1) is 5.10 Å². The summed E-state index contributed by atoms with van der Waals surface area (Å²) in [5, 5.41) is 19.3. The second-order valence-corrected chi connectivity index (χ2v) is 7.97. The number of hydrogen-bond donors (Lipinski definition) is 1. The molecule has 2 aliphatic rings. The van der Waals surface area contributed by atoms with Crippen LogP contribution in [0, 0.1) is 16.7 Å². The number of benzene rings is 1. The molecule has 1 aliphatic heterocycles. The Bertz CT molecular complexity index is 997. The fourth-order valence-corrected chi connectivity index (χ4v) is 3.81. The van der Waals surface area contributed by atoms with Crippen LogP contribution in [0.3, 0.4) is 0 Å². The Kier molecular flexibility index (Phi) is 4.92. The van der Waals surface area contributed by atoms with Gasteiger partial charge in [-0.3, -0.25) is 4.79 Å². The van der Waals surface area contributed by atoms with Gasteiger partial charge in [0.15, 0.2) is 0 Å². The lowest BCUT2D eigenvalue weighted by Crippen LogP contribution is -2.45. The number of hydrogen-bond acceptors (Lipinski definition) is 6. The number of alkyl halides is 3. The third kappa shape index (κ3) is 3.97. The summed E-state index contributed by atoms with van der Waals surface area (Å²) in [7, 11) is 0. The first-order valence-corrected chi connectivity index (χ1v) is 9.71. The average Bonchev–Trinajstić information content (AvgIpc) is 3.31. The van der Waals surface area contributed by atoms with Crippen LogP contribution in [0.1, 0.15) is 43.7 Å². The lowest BCUT2D eigenvalue weighted by atomic mass is 9.93. The van der Waals surface area contributed by atoms with E-state index in [4.69, 9.17) is 9.68 Å². The van der Waals surface area contributed by atoms with Gasteiger partial charge >= 0.3 is 12.2 Å². The van der Waals surface area contributed by atoms with Gasteiger partial charge in [-0.2, -0.15) is 18.4 Å². The molecular weight excluding hydrogens is 399 g/mol. The average molecular weight is 419 g/mol. The predicted octanol–water partition coefficient (Wildman–Crippen LogP) is 3.83. The van der Waals surface area contributed by atoms with Gasteiger partial charge in [0.2, 0.25) is 11.8 Å². The summed E-state index contributed by atoms with van der Waals surface area (Å²) in [5.74, 6) is -0.219. The molecule has 4 rings (SSSR count). The van der Waals surface area contributed by atoms with Gasteiger partial charge in [-0.1, -0.05) is 5.10 Å². The smallest absolute Gasteiger partial charge is 0.403 e. The molecule has 1 saturated heterocycles. The molecule has 1 saturated carbocycles. The third-order valence-corrected chi connectivity index (χ3v) is 5.92. The van der Waals surface area contributed by atoms with Crippen LogP contribution in [-0.2, 0) is 11.0 Å². The van der Waals surface area contributed by atoms with E-state index in [1.165, 1.54) is 25.0 Å². The Labute approximate surface area is 170 Å². The van der Waals surface area contributed by atoms with Crippen molar-refractivity contribution in [2.24, 2.45) is 5.41 Å². The number of nitrogens with one attached hydrogen (secondary N) is 1. The number of nitrogens with zero attached hydrogens (tertiary/aromatic N) is 4. The molecule has 0 bridgehead atoms. The number of likely N-dealkylation sites (tertiary alicyclic amines) is 1. The van der Waals surface area contributed by atoms with E-state index >= 15 is 0 Å². The van der Waals surface area contributed by atoms with Crippen molar-refractivity contribution in [1.82, 2.24) is 15.1 Å². The molecule has 1 aliphatic carbocycles. The highest BCUT2D eigenvalue weighted by atomic mass is 19.4. The van der Waals surface area contributed by atoms with Crippen molar-refractivity contribution >= 4 is 11.9 Å². The van der Waals surface area contributed by atoms with E-state index in [1.807, 2.05) is 4.90 Å². The molecule has 10 heteroatoms. The summed E-state index contributed by atoms with van der Waals surface area (Å²) in [4.78, 5) is 14.5. The fraction of sp³-hybridized carbons (Fsp3) is 0.500. The number of rotatable bonds is 4. The zero-order valence-corrected chi connectivity index (χ0v) is 16.3. The van der Waals surface area contributed by atoms with Crippen molar-refractivity contribution in [2.45, 2.75) is 44.8 Å². The summed E-state index contributed by atoms with van der Waals surface area (Å²) in [6.07, 6.45) is -0.138. The molecule has 1 atom stereocenters. The minimum Gasteiger partial charge on any atom is -0.403 e. The van der Waals surface area contributed by atoms with Crippen LogP contribution in [0.4, 0.5) is 19.2 Å². The maximum Gasteiger partial charge on any atom is 0.417 e. The minimum absolute atomic E-state index is 0.0339. The number of nitriles is 1. The first kappa shape index (κ1) is 20.2. The van der Waals surface area contributed by atoms with Crippen LogP contribution in [0.15, 0.2) is 22.6 Å². The third-order valence-electron chi connectivity index (χ3n) is 5.92. The highest BCUT2D eigenvalue weighted by Gasteiger charge is 2.45. The maximum atomic E-state index is 13.2. The van der Waals surface area contributed by atoms with Gasteiger partial charge in [0.25, 0.3) is 0 Å². The minimum atomic E-state index is -4.68. The Morgan fingerprint density at radius 3 is 2.57 bits per heavy atom. The van der Waals surface area contributed by atoms with E-state index < -0.39 is 23.3 Å². The van der Waals surface area contributed by atoms with E-state index in [0.717, 1.165) is 38.1 Å². The van der Waals surface area contributed by atoms with Crippen molar-refractivity contribution in [3.63, 3.8) is 0 Å². The summed E-state index contributed by atoms with van der Waals surface area (Å²) in [6.45, 7) is 3.13. The SMILES string of the molecule is C[C@H](Nc1nnc(-c2ccc(C#N)c(C(F)(F)F)c2)o1)C(=O)N1CCC2(CC1)CC2. The highest BCUT2D eigenvalue weighted by Crippen LogP contribution is 2.53. The Balaban J connectivity index is 1.44. The van der Waals surface area contributed by atoms with E-state index in [2.05, 4.69) is 15.5 Å². The quantitative estimate of drug-likeness (QED) is 0.809. The summed E-state index contributed by atoms with van der Waals surface area (Å²) >= 11 is 0. The number of anilines is 1. The molecule has 2 aromatic rings. The Morgan fingerprint density at radius 2 is 1.97 bits per heavy atom. The normalized spacial score (nSPS) is 18.7. The number of carbonyl (C=O) groups is 1. The fourth-order valence-electron chi connectivity index (χ4n) is 3.81. The van der Waals surface area contributed by atoms with Gasteiger partial charge in [0, 0.05) is 18.7 Å². The van der Waals surface area contributed by atoms with Crippen molar-refractivity contribution < 1.29 is 22.4 Å². The summed E-state index contributed by atoms with van der Waals surface area (Å²) in [5.41, 5.74) is -1.06. The Morgan fingerprint density at radius 1 is 1.27 bits per heavy atom. The second-order valence-electron chi connectivity index (χ2n) is 7.97. The van der Waals surface area contributed by atoms with E-state index in [1.54, 1.807) is 6.92 Å². The van der Waals surface area contributed by atoms with Crippen molar-refractivity contribution in [1.29, 1.82) is 5.26 Å². The van der Waals surface area contributed by atoms with Crippen LogP contribution < -0.4 is 5.32 Å². The molecule has 0 unspecified atom stereocenters. The molecule has 1 N–H and O–H groups in total. The van der Waals surface area contributed by atoms with Gasteiger partial charge in [0.05, 0.1) is 17.2 Å². The topological polar surface area (TPSA) is 95.0 Å². The highest BCUT2D eigenvalue weighted by molar-refractivity contribution is 5.83. The maximum absolute atomic E-state index is 13.2. The summed E-state index contributed by atoms with van der Waals surface area (Å²) in [6, 6.07) is 4.02. The zero-order valence-electron chi connectivity index (χ0n) is 16.3. The number of piperidine rings is 1. The van der Waals surface area contributed by atoms with Gasteiger partial charge in [0.1, 0.15) is 6.04 Å². The van der Waals surface area contributed by atoms with E-state index in [0.29, 0.717) is 5.41 Å². The lowest BCUT2D eigenvalue weighted by molar-refractivity contribution is -0.137. The van der Waals surface area contributed by atoms with Gasteiger partial charge in [-0.25, -0.2) is 0 Å². The largest absolute Gasteiger partial charge is 0.417 e. The number of carbonyl (C=O) groups excluding carboxylic acids is 1. The summed E-state index contributed by atoms with van der Waals surface area (Å²) < 4.78 is 44.9. The van der Waals surface area contributed by atoms with Crippen molar-refractivity contribution in [3.8, 4) is 17.5 Å². The van der Waals surface area contributed by atoms with Gasteiger partial charge in [-0.05, 0) is 56.2 Å². The number of halogens is 3.